The van der Waals surface area contributed by atoms with Crippen LogP contribution in [0.4, 0.5) is 4.79 Å². The van der Waals surface area contributed by atoms with E-state index in [-0.39, 0.29) is 0 Å². The van der Waals surface area contributed by atoms with Gasteiger partial charge >= 0.3 is 6.16 Å². The normalized spacial score (nSPS) is 25.3. The zero-order valence-electron chi connectivity index (χ0n) is 9.20. The van der Waals surface area contributed by atoms with E-state index >= 15 is 0 Å². The van der Waals surface area contributed by atoms with Crippen LogP contribution in [-0.4, -0.2) is 19.9 Å². The molecule has 1 saturated carbocycles. The van der Waals surface area contributed by atoms with Gasteiger partial charge in [-0.2, -0.15) is 0 Å². The Morgan fingerprint density at radius 2 is 1.93 bits per heavy atom. The molecule has 1 aliphatic carbocycles. The van der Waals surface area contributed by atoms with Crippen LogP contribution in [0.5, 0.6) is 0 Å². The van der Waals surface area contributed by atoms with E-state index in [1.54, 1.807) is 0 Å². The molecular weight excluding hydrogens is 192 g/mol. The van der Waals surface area contributed by atoms with E-state index in [4.69, 9.17) is 11.2 Å². The van der Waals surface area contributed by atoms with Crippen molar-refractivity contribution < 1.29 is 14.3 Å². The number of rotatable bonds is 3. The Morgan fingerprint density at radius 1 is 1.33 bits per heavy atom. The van der Waals surface area contributed by atoms with Gasteiger partial charge in [0.05, 0.1) is 13.7 Å². The molecule has 0 bridgehead atoms. The fraction of sp³-hybridized carbons (Fsp3) is 0.750. The van der Waals surface area contributed by atoms with Crippen molar-refractivity contribution in [3.63, 3.8) is 0 Å². The smallest absolute Gasteiger partial charge is 0.438 e. The Morgan fingerprint density at radius 3 is 2.47 bits per heavy atom. The molecule has 0 aromatic carbocycles. The summed E-state index contributed by atoms with van der Waals surface area (Å²) in [5, 5.41) is 0. The zero-order chi connectivity index (χ0) is 11.1. The predicted molar refractivity (Wildman–Crippen MR) is 57.3 cm³/mol. The van der Waals surface area contributed by atoms with Crippen LogP contribution in [0.3, 0.4) is 0 Å². The predicted octanol–water partition coefficient (Wildman–Crippen LogP) is 2.60. The maximum Gasteiger partial charge on any atom is 0.507 e. The number of hydrogen-bond donors (Lipinski definition) is 0. The molecule has 0 atom stereocenters. The third kappa shape index (κ3) is 4.24. The van der Waals surface area contributed by atoms with E-state index < -0.39 is 6.16 Å². The SMILES string of the molecule is C#CC[C@H]1CC[C@H](COC(=O)OC)CC1. The highest BCUT2D eigenvalue weighted by atomic mass is 16.7. The minimum Gasteiger partial charge on any atom is -0.438 e. The van der Waals surface area contributed by atoms with Crippen LogP contribution in [0.2, 0.25) is 0 Å². The lowest BCUT2D eigenvalue weighted by atomic mass is 9.81. The molecular formula is C12H18O3. The van der Waals surface area contributed by atoms with Crippen molar-refractivity contribution >= 4 is 6.16 Å². The fourth-order valence-electron chi connectivity index (χ4n) is 2.01. The van der Waals surface area contributed by atoms with Crippen molar-refractivity contribution in [1.29, 1.82) is 0 Å². The Labute approximate surface area is 91.1 Å². The summed E-state index contributed by atoms with van der Waals surface area (Å²) in [5.41, 5.74) is 0. The molecule has 0 aromatic rings. The molecule has 1 aliphatic rings. The second-order valence-electron chi connectivity index (χ2n) is 4.06. The van der Waals surface area contributed by atoms with Crippen LogP contribution < -0.4 is 0 Å². The first-order valence-electron chi connectivity index (χ1n) is 5.40. The summed E-state index contributed by atoms with van der Waals surface area (Å²) in [5.74, 6) is 3.86. The van der Waals surface area contributed by atoms with E-state index in [9.17, 15) is 4.79 Å². The van der Waals surface area contributed by atoms with E-state index in [1.165, 1.54) is 7.11 Å². The number of carbonyl (C=O) groups is 1. The molecule has 0 N–H and O–H groups in total. The van der Waals surface area contributed by atoms with Crippen molar-refractivity contribution in [2.75, 3.05) is 13.7 Å². The van der Waals surface area contributed by atoms with Gasteiger partial charge < -0.3 is 9.47 Å². The molecule has 15 heavy (non-hydrogen) atoms. The molecule has 84 valence electrons. The van der Waals surface area contributed by atoms with Gasteiger partial charge in [-0.05, 0) is 37.5 Å². The number of hydrogen-bond acceptors (Lipinski definition) is 3. The van der Waals surface area contributed by atoms with Crippen LogP contribution in [0, 0.1) is 24.2 Å². The Bertz CT molecular complexity index is 234. The van der Waals surface area contributed by atoms with Gasteiger partial charge in [-0.3, -0.25) is 0 Å². The Balaban J connectivity index is 2.15. The summed E-state index contributed by atoms with van der Waals surface area (Å²) in [6, 6.07) is 0. The first-order valence-corrected chi connectivity index (χ1v) is 5.40. The monoisotopic (exact) mass is 210 g/mol. The summed E-state index contributed by atoms with van der Waals surface area (Å²) in [6.07, 6.45) is 10.1. The van der Waals surface area contributed by atoms with Crippen molar-refractivity contribution in [2.24, 2.45) is 11.8 Å². The van der Waals surface area contributed by atoms with Gasteiger partial charge in [0.2, 0.25) is 0 Å². The second-order valence-corrected chi connectivity index (χ2v) is 4.06. The van der Waals surface area contributed by atoms with Crippen LogP contribution >= 0.6 is 0 Å². The van der Waals surface area contributed by atoms with E-state index in [0.717, 1.165) is 32.1 Å². The highest BCUT2D eigenvalue weighted by Crippen LogP contribution is 2.30. The lowest BCUT2D eigenvalue weighted by Crippen LogP contribution is -2.20. The minimum absolute atomic E-state index is 0.482. The van der Waals surface area contributed by atoms with Crippen molar-refractivity contribution in [3.05, 3.63) is 0 Å². The van der Waals surface area contributed by atoms with E-state index in [1.807, 2.05) is 0 Å². The molecule has 0 heterocycles. The summed E-state index contributed by atoms with van der Waals surface area (Å²) < 4.78 is 9.34. The Hall–Kier alpha value is -1.17. The average Bonchev–Trinajstić information content (AvgIpc) is 2.28. The van der Waals surface area contributed by atoms with Crippen molar-refractivity contribution in [3.8, 4) is 12.3 Å². The molecule has 0 aromatic heterocycles. The third-order valence-corrected chi connectivity index (χ3v) is 2.98. The van der Waals surface area contributed by atoms with Crippen LogP contribution in [0.15, 0.2) is 0 Å². The molecule has 3 heteroatoms. The molecule has 0 saturated heterocycles. The van der Waals surface area contributed by atoms with Gasteiger partial charge in [0.1, 0.15) is 0 Å². The fourth-order valence-corrected chi connectivity index (χ4v) is 2.01. The molecule has 0 aliphatic heterocycles. The van der Waals surface area contributed by atoms with Crippen LogP contribution in [0.25, 0.3) is 0 Å². The average molecular weight is 210 g/mol. The highest BCUT2D eigenvalue weighted by Gasteiger charge is 2.21. The zero-order valence-corrected chi connectivity index (χ0v) is 9.20. The van der Waals surface area contributed by atoms with Crippen molar-refractivity contribution in [2.45, 2.75) is 32.1 Å². The van der Waals surface area contributed by atoms with Gasteiger partial charge in [-0.25, -0.2) is 4.79 Å². The highest BCUT2D eigenvalue weighted by molar-refractivity contribution is 5.59. The van der Waals surface area contributed by atoms with Crippen molar-refractivity contribution in [1.82, 2.24) is 0 Å². The van der Waals surface area contributed by atoms with Gasteiger partial charge in [0, 0.05) is 6.42 Å². The summed E-state index contributed by atoms with van der Waals surface area (Å²) in [7, 11) is 1.33. The number of carbonyl (C=O) groups excluding carboxylic acids is 1. The first-order chi connectivity index (χ1) is 7.26. The molecule has 1 rings (SSSR count). The van der Waals surface area contributed by atoms with E-state index in [0.29, 0.717) is 18.4 Å². The summed E-state index contributed by atoms with van der Waals surface area (Å²) in [6.45, 7) is 0.482. The lowest BCUT2D eigenvalue weighted by Gasteiger charge is -2.26. The molecule has 0 spiro atoms. The molecule has 3 nitrogen and oxygen atoms in total. The number of ether oxygens (including phenoxy) is 2. The summed E-state index contributed by atoms with van der Waals surface area (Å²) in [4.78, 5) is 10.8. The Kier molecular flexibility index (Phi) is 5.03. The maximum atomic E-state index is 10.8. The van der Waals surface area contributed by atoms with Crippen LogP contribution in [0.1, 0.15) is 32.1 Å². The van der Waals surface area contributed by atoms with Crippen LogP contribution in [-0.2, 0) is 9.47 Å². The topological polar surface area (TPSA) is 35.5 Å². The first kappa shape index (κ1) is 11.9. The summed E-state index contributed by atoms with van der Waals surface area (Å²) >= 11 is 0. The lowest BCUT2D eigenvalue weighted by molar-refractivity contribution is 0.0517. The quantitative estimate of drug-likeness (QED) is 0.530. The maximum absolute atomic E-state index is 10.8. The number of methoxy groups -OCH3 is 1. The van der Waals surface area contributed by atoms with Gasteiger partial charge in [0.15, 0.2) is 0 Å². The standard InChI is InChI=1S/C12H18O3/c1-3-4-10-5-7-11(8-6-10)9-15-12(13)14-2/h1,10-11H,4-9H2,2H3/t10-,11-. The van der Waals surface area contributed by atoms with Gasteiger partial charge in [0.25, 0.3) is 0 Å². The molecule has 1 fully saturated rings. The molecule has 0 amide bonds. The van der Waals surface area contributed by atoms with Gasteiger partial charge in [-0.15, -0.1) is 12.3 Å². The number of terminal acetylenes is 1. The third-order valence-electron chi connectivity index (χ3n) is 2.98. The molecule has 0 radical (unpaired) electrons. The molecule has 0 unspecified atom stereocenters. The van der Waals surface area contributed by atoms with E-state index in [2.05, 4.69) is 10.7 Å². The van der Waals surface area contributed by atoms with Gasteiger partial charge in [-0.1, -0.05) is 0 Å². The minimum atomic E-state index is -0.583. The largest absolute Gasteiger partial charge is 0.507 e. The second kappa shape index (κ2) is 6.34.